The van der Waals surface area contributed by atoms with Crippen molar-refractivity contribution < 1.29 is 22.8 Å². The number of benzene rings is 1. The molecule has 0 radical (unpaired) electrons. The van der Waals surface area contributed by atoms with Crippen LogP contribution in [0.3, 0.4) is 0 Å². The summed E-state index contributed by atoms with van der Waals surface area (Å²) in [5.74, 6) is -1.09. The SMILES string of the molecule is O=C(NCc1ncc(C(F)(F)F)cc1Cl)C1CC(=O)N(c2ccccc2)C1. The van der Waals surface area contributed by atoms with Gasteiger partial charge in [0.1, 0.15) is 0 Å². The molecule has 1 aliphatic rings. The van der Waals surface area contributed by atoms with E-state index in [4.69, 9.17) is 11.6 Å². The minimum absolute atomic E-state index is 0.0644. The smallest absolute Gasteiger partial charge is 0.350 e. The molecule has 1 unspecified atom stereocenters. The van der Waals surface area contributed by atoms with Gasteiger partial charge in [0.05, 0.1) is 28.7 Å². The first-order chi connectivity index (χ1) is 12.8. The zero-order chi connectivity index (χ0) is 19.6. The number of anilines is 1. The first kappa shape index (κ1) is 19.2. The summed E-state index contributed by atoms with van der Waals surface area (Å²) in [6, 6.07) is 9.76. The first-order valence-corrected chi connectivity index (χ1v) is 8.48. The van der Waals surface area contributed by atoms with Gasteiger partial charge in [-0.15, -0.1) is 0 Å². The van der Waals surface area contributed by atoms with Crippen molar-refractivity contribution in [2.75, 3.05) is 11.4 Å². The van der Waals surface area contributed by atoms with Crippen molar-refractivity contribution in [1.29, 1.82) is 0 Å². The maximum atomic E-state index is 12.6. The van der Waals surface area contributed by atoms with Crippen LogP contribution in [-0.4, -0.2) is 23.3 Å². The zero-order valence-corrected chi connectivity index (χ0v) is 14.7. The second-order valence-electron chi connectivity index (χ2n) is 6.11. The highest BCUT2D eigenvalue weighted by molar-refractivity contribution is 6.31. The van der Waals surface area contributed by atoms with Gasteiger partial charge < -0.3 is 10.2 Å². The second kappa shape index (κ2) is 7.56. The summed E-state index contributed by atoms with van der Waals surface area (Å²) in [5, 5.41) is 2.40. The fraction of sp³-hybridized carbons (Fsp3) is 0.278. The van der Waals surface area contributed by atoms with Crippen molar-refractivity contribution in [2.24, 2.45) is 5.92 Å². The van der Waals surface area contributed by atoms with E-state index in [-0.39, 0.29) is 42.0 Å². The Morgan fingerprint density at radius 1 is 1.30 bits per heavy atom. The first-order valence-electron chi connectivity index (χ1n) is 8.10. The fourth-order valence-electron chi connectivity index (χ4n) is 2.81. The lowest BCUT2D eigenvalue weighted by atomic mass is 10.1. The third-order valence-electron chi connectivity index (χ3n) is 4.24. The zero-order valence-electron chi connectivity index (χ0n) is 14.0. The number of alkyl halides is 3. The van der Waals surface area contributed by atoms with Gasteiger partial charge in [0.2, 0.25) is 11.8 Å². The van der Waals surface area contributed by atoms with E-state index in [1.807, 2.05) is 6.07 Å². The van der Waals surface area contributed by atoms with Crippen LogP contribution in [0.15, 0.2) is 42.6 Å². The van der Waals surface area contributed by atoms with Crippen LogP contribution >= 0.6 is 11.6 Å². The molecule has 1 atom stereocenters. The van der Waals surface area contributed by atoms with Crippen molar-refractivity contribution in [1.82, 2.24) is 10.3 Å². The second-order valence-corrected chi connectivity index (χ2v) is 6.52. The molecule has 0 spiro atoms. The number of aromatic nitrogens is 1. The highest BCUT2D eigenvalue weighted by Crippen LogP contribution is 2.31. The molecule has 2 amide bonds. The number of amides is 2. The van der Waals surface area contributed by atoms with Crippen LogP contribution in [0.5, 0.6) is 0 Å². The highest BCUT2D eigenvalue weighted by Gasteiger charge is 2.35. The molecule has 1 aromatic carbocycles. The fourth-order valence-corrected chi connectivity index (χ4v) is 3.04. The average Bonchev–Trinajstić information content (AvgIpc) is 3.02. The summed E-state index contributed by atoms with van der Waals surface area (Å²) < 4.78 is 37.9. The molecule has 0 saturated carbocycles. The maximum Gasteiger partial charge on any atom is 0.417 e. The predicted octanol–water partition coefficient (Wildman–Crippen LogP) is 3.42. The molecule has 1 aromatic heterocycles. The summed E-state index contributed by atoms with van der Waals surface area (Å²) in [6.45, 7) is 0.120. The topological polar surface area (TPSA) is 62.3 Å². The van der Waals surface area contributed by atoms with E-state index < -0.39 is 17.7 Å². The maximum absolute atomic E-state index is 12.6. The van der Waals surface area contributed by atoms with Crippen LogP contribution in [0.4, 0.5) is 18.9 Å². The summed E-state index contributed by atoms with van der Waals surface area (Å²) in [4.78, 5) is 29.7. The molecular weight excluding hydrogens is 383 g/mol. The predicted molar refractivity (Wildman–Crippen MR) is 93.0 cm³/mol. The Hall–Kier alpha value is -2.61. The number of para-hydroxylation sites is 1. The minimum atomic E-state index is -4.54. The average molecular weight is 398 g/mol. The number of nitrogens with zero attached hydrogens (tertiary/aromatic N) is 2. The Balaban J connectivity index is 1.61. The Bertz CT molecular complexity index is 859. The molecule has 1 N–H and O–H groups in total. The quantitative estimate of drug-likeness (QED) is 0.859. The van der Waals surface area contributed by atoms with E-state index >= 15 is 0 Å². The summed E-state index contributed by atoms with van der Waals surface area (Å²) >= 11 is 5.83. The summed E-state index contributed by atoms with van der Waals surface area (Å²) in [5.41, 5.74) is -0.116. The summed E-state index contributed by atoms with van der Waals surface area (Å²) in [7, 11) is 0. The minimum Gasteiger partial charge on any atom is -0.350 e. The Labute approximate surface area is 158 Å². The molecule has 3 rings (SSSR count). The molecule has 2 aromatic rings. The van der Waals surface area contributed by atoms with Crippen LogP contribution in [0.1, 0.15) is 17.7 Å². The lowest BCUT2D eigenvalue weighted by Crippen LogP contribution is -2.33. The third-order valence-corrected chi connectivity index (χ3v) is 4.57. The van der Waals surface area contributed by atoms with Crippen LogP contribution in [0, 0.1) is 5.92 Å². The van der Waals surface area contributed by atoms with Crippen molar-refractivity contribution >= 4 is 29.1 Å². The van der Waals surface area contributed by atoms with E-state index in [2.05, 4.69) is 10.3 Å². The van der Waals surface area contributed by atoms with Crippen molar-refractivity contribution in [3.8, 4) is 0 Å². The van der Waals surface area contributed by atoms with Crippen molar-refractivity contribution in [2.45, 2.75) is 19.1 Å². The number of pyridine rings is 1. The van der Waals surface area contributed by atoms with Gasteiger partial charge in [-0.25, -0.2) is 0 Å². The van der Waals surface area contributed by atoms with Gasteiger partial charge in [-0.3, -0.25) is 14.6 Å². The number of carbonyl (C=O) groups is 2. The van der Waals surface area contributed by atoms with Crippen LogP contribution in [0.2, 0.25) is 5.02 Å². The van der Waals surface area contributed by atoms with Gasteiger partial charge >= 0.3 is 6.18 Å². The van der Waals surface area contributed by atoms with E-state index in [0.29, 0.717) is 11.9 Å². The van der Waals surface area contributed by atoms with Crippen LogP contribution < -0.4 is 10.2 Å². The largest absolute Gasteiger partial charge is 0.417 e. The normalized spacial score (nSPS) is 17.3. The number of hydrogen-bond acceptors (Lipinski definition) is 3. The number of nitrogens with one attached hydrogen (secondary N) is 1. The van der Waals surface area contributed by atoms with Crippen molar-refractivity contribution in [3.05, 3.63) is 58.9 Å². The number of hydrogen-bond donors (Lipinski definition) is 1. The van der Waals surface area contributed by atoms with Gasteiger partial charge in [-0.05, 0) is 18.2 Å². The molecule has 9 heteroatoms. The lowest BCUT2D eigenvalue weighted by molar-refractivity contribution is -0.137. The van der Waals surface area contributed by atoms with Gasteiger partial charge in [-0.1, -0.05) is 29.8 Å². The van der Waals surface area contributed by atoms with E-state index in [9.17, 15) is 22.8 Å². The molecule has 1 fully saturated rings. The van der Waals surface area contributed by atoms with Crippen molar-refractivity contribution in [3.63, 3.8) is 0 Å². The van der Waals surface area contributed by atoms with Gasteiger partial charge in [0.15, 0.2) is 0 Å². The van der Waals surface area contributed by atoms with E-state index in [0.717, 1.165) is 6.07 Å². The molecule has 5 nitrogen and oxygen atoms in total. The molecule has 0 bridgehead atoms. The van der Waals surface area contributed by atoms with Crippen LogP contribution in [-0.2, 0) is 22.3 Å². The van der Waals surface area contributed by atoms with E-state index in [1.54, 1.807) is 24.3 Å². The highest BCUT2D eigenvalue weighted by atomic mass is 35.5. The van der Waals surface area contributed by atoms with Crippen LogP contribution in [0.25, 0.3) is 0 Å². The van der Waals surface area contributed by atoms with E-state index in [1.165, 1.54) is 4.90 Å². The molecular formula is C18H15ClF3N3O2. The lowest BCUT2D eigenvalue weighted by Gasteiger charge is -2.16. The molecule has 142 valence electrons. The third kappa shape index (κ3) is 4.39. The number of carbonyl (C=O) groups excluding carboxylic acids is 2. The molecule has 1 saturated heterocycles. The standard InChI is InChI=1S/C18H15ClF3N3O2/c19-14-7-12(18(20,21)22)8-23-15(14)9-24-17(27)11-6-16(26)25(10-11)13-4-2-1-3-5-13/h1-5,7-8,11H,6,9-10H2,(H,24,27). The number of rotatable bonds is 4. The molecule has 27 heavy (non-hydrogen) atoms. The van der Waals surface area contributed by atoms with Gasteiger partial charge in [-0.2, -0.15) is 13.2 Å². The van der Waals surface area contributed by atoms with Gasteiger partial charge in [0.25, 0.3) is 0 Å². The monoisotopic (exact) mass is 397 g/mol. The molecule has 1 aliphatic heterocycles. The summed E-state index contributed by atoms with van der Waals surface area (Å²) in [6.07, 6.45) is -3.80. The number of halogens is 4. The van der Waals surface area contributed by atoms with Gasteiger partial charge in [0, 0.05) is 24.8 Å². The Morgan fingerprint density at radius 3 is 2.63 bits per heavy atom. The Kier molecular flexibility index (Phi) is 5.36. The Morgan fingerprint density at radius 2 is 2.00 bits per heavy atom. The molecule has 2 heterocycles. The molecule has 0 aliphatic carbocycles.